The van der Waals surface area contributed by atoms with Crippen LogP contribution in [0.1, 0.15) is 0 Å². The zero-order chi connectivity index (χ0) is 11.9. The predicted molar refractivity (Wildman–Crippen MR) is 71.0 cm³/mol. The molecular formula is C15H13NO2. The fraction of sp³-hybridized carbons (Fsp3) is 0.200. The Labute approximate surface area is 104 Å². The van der Waals surface area contributed by atoms with E-state index in [1.54, 1.807) is 0 Å². The highest BCUT2D eigenvalue weighted by Crippen LogP contribution is 2.33. The first-order valence-corrected chi connectivity index (χ1v) is 6.16. The minimum Gasteiger partial charge on any atom is -0.490 e. The molecule has 1 atom stereocenters. The van der Waals surface area contributed by atoms with Crippen molar-refractivity contribution in [3.63, 3.8) is 0 Å². The van der Waals surface area contributed by atoms with Gasteiger partial charge in [-0.3, -0.25) is 0 Å². The van der Waals surface area contributed by atoms with E-state index in [1.807, 2.05) is 18.2 Å². The van der Waals surface area contributed by atoms with Gasteiger partial charge in [0.2, 0.25) is 0 Å². The van der Waals surface area contributed by atoms with Crippen LogP contribution >= 0.6 is 0 Å². The summed E-state index contributed by atoms with van der Waals surface area (Å²) in [5, 5.41) is 2.37. The molecular weight excluding hydrogens is 238 g/mol. The monoisotopic (exact) mass is 251 g/mol. The van der Waals surface area contributed by atoms with Crippen LogP contribution in [-0.2, 0) is 4.74 Å². The molecule has 3 heteroatoms. The number of hydrogen-bond acceptors (Lipinski definition) is 2. The summed E-state index contributed by atoms with van der Waals surface area (Å²) in [5.74, 6) is 0.931. The molecule has 1 fully saturated rings. The lowest BCUT2D eigenvalue weighted by atomic mass is 10.3. The van der Waals surface area contributed by atoms with Gasteiger partial charge < -0.3 is 14.5 Å². The molecule has 18 heavy (non-hydrogen) atoms. The third kappa shape index (κ3) is 1.56. The molecule has 1 aromatic heterocycles. The van der Waals surface area contributed by atoms with Crippen molar-refractivity contribution in [1.29, 1.82) is 0 Å². The first-order valence-electron chi connectivity index (χ1n) is 6.16. The molecule has 0 amide bonds. The number of aromatic nitrogens is 1. The Kier molecular flexibility index (Phi) is 2.08. The standard InChI is InChI=1S/C15H13NO2/c1-2-5-12-11(4-1)15-13(16-12)6-3-7-14(15)18-9-10-8-17-10/h1-7,10,16H,8-9H2/t10-/m0/s1/i1+2,2+2,4+2,5+2,11+2,12+2. The summed E-state index contributed by atoms with van der Waals surface area (Å²) in [6, 6.07) is 14.4. The molecule has 2 heterocycles. The second-order valence-electron chi connectivity index (χ2n) is 4.62. The Balaban J connectivity index is 1.89. The van der Waals surface area contributed by atoms with Crippen molar-refractivity contribution in [2.75, 3.05) is 13.2 Å². The smallest absolute Gasteiger partial charge is 0.129 e. The molecule has 3 aromatic rings. The Morgan fingerprint density at radius 3 is 3.17 bits per heavy atom. The number of nitrogens with one attached hydrogen (secondary N) is 1. The molecule has 90 valence electrons. The highest BCUT2D eigenvalue weighted by molar-refractivity contribution is 6.10. The van der Waals surface area contributed by atoms with Gasteiger partial charge in [0, 0.05) is 16.3 Å². The van der Waals surface area contributed by atoms with Crippen molar-refractivity contribution in [2.24, 2.45) is 0 Å². The van der Waals surface area contributed by atoms with Gasteiger partial charge in [0.25, 0.3) is 0 Å². The molecule has 0 saturated carbocycles. The number of aromatic amines is 1. The molecule has 2 aromatic carbocycles. The van der Waals surface area contributed by atoms with Crippen LogP contribution in [0.2, 0.25) is 0 Å². The number of rotatable bonds is 3. The Hall–Kier alpha value is -2.00. The van der Waals surface area contributed by atoms with Gasteiger partial charge in [-0.1, -0.05) is 24.3 Å². The Bertz CT molecular complexity index is 713. The molecule has 4 rings (SSSR count). The van der Waals surface area contributed by atoms with Crippen molar-refractivity contribution in [1.82, 2.24) is 4.98 Å². The summed E-state index contributed by atoms with van der Waals surface area (Å²) in [6.45, 7) is 1.46. The third-order valence-electron chi connectivity index (χ3n) is 3.32. The van der Waals surface area contributed by atoms with Gasteiger partial charge in [-0.2, -0.15) is 0 Å². The summed E-state index contributed by atoms with van der Waals surface area (Å²) < 4.78 is 11.0. The van der Waals surface area contributed by atoms with Crippen LogP contribution in [0.15, 0.2) is 42.5 Å². The maximum absolute atomic E-state index is 5.86. The predicted octanol–water partition coefficient (Wildman–Crippen LogP) is 3.10. The summed E-state index contributed by atoms with van der Waals surface area (Å²) in [4.78, 5) is 3.41. The van der Waals surface area contributed by atoms with Gasteiger partial charge in [-0.25, -0.2) is 0 Å². The van der Waals surface area contributed by atoms with Crippen molar-refractivity contribution >= 4 is 21.8 Å². The molecule has 3 nitrogen and oxygen atoms in total. The number of hydrogen-bond donors (Lipinski definition) is 1. The maximum atomic E-state index is 5.86. The fourth-order valence-corrected chi connectivity index (χ4v) is 2.34. The third-order valence-corrected chi connectivity index (χ3v) is 3.32. The topological polar surface area (TPSA) is 37.5 Å². The molecule has 0 unspecified atom stereocenters. The molecule has 1 aliphatic heterocycles. The first-order chi connectivity index (χ1) is 8.92. The van der Waals surface area contributed by atoms with Crippen molar-refractivity contribution in [3.05, 3.63) is 42.5 Å². The second kappa shape index (κ2) is 3.75. The average molecular weight is 251 g/mol. The molecule has 0 radical (unpaired) electrons. The van der Waals surface area contributed by atoms with Gasteiger partial charge in [-0.15, -0.1) is 0 Å². The number of fused-ring (bicyclic) bond motifs is 3. The number of epoxide rings is 1. The lowest BCUT2D eigenvalue weighted by molar-refractivity contribution is 0.265. The summed E-state index contributed by atoms with van der Waals surface area (Å²) in [6.07, 6.45) is 0.283. The van der Waals surface area contributed by atoms with Gasteiger partial charge >= 0.3 is 0 Å². The van der Waals surface area contributed by atoms with Crippen molar-refractivity contribution in [2.45, 2.75) is 6.10 Å². The van der Waals surface area contributed by atoms with E-state index in [2.05, 4.69) is 29.2 Å². The van der Waals surface area contributed by atoms with Gasteiger partial charge in [0.15, 0.2) is 0 Å². The molecule has 0 bridgehead atoms. The van der Waals surface area contributed by atoms with Crippen LogP contribution in [0.3, 0.4) is 0 Å². The fourth-order valence-electron chi connectivity index (χ4n) is 2.34. The first kappa shape index (κ1) is 9.97. The number of benzene rings is 2. The van der Waals surface area contributed by atoms with Crippen LogP contribution in [0.4, 0.5) is 0 Å². The van der Waals surface area contributed by atoms with E-state index in [9.17, 15) is 0 Å². The van der Waals surface area contributed by atoms with Crippen LogP contribution in [0.5, 0.6) is 5.75 Å². The average Bonchev–Trinajstić information content (AvgIpc) is 3.15. The SMILES string of the molecule is c1cc(OC[C@@H]2CO2)c2c(c1)[nH][14c]1[14cH][14cH][14cH][14cH][14c]21. The van der Waals surface area contributed by atoms with E-state index in [-0.39, 0.29) is 6.10 Å². The van der Waals surface area contributed by atoms with E-state index in [1.165, 1.54) is 5.39 Å². The number of H-pyrrole nitrogens is 1. The van der Waals surface area contributed by atoms with Gasteiger partial charge in [0.1, 0.15) is 18.5 Å². The second-order valence-corrected chi connectivity index (χ2v) is 4.62. The van der Waals surface area contributed by atoms with E-state index >= 15 is 0 Å². The minimum atomic E-state index is 0.283. The minimum absolute atomic E-state index is 0.283. The van der Waals surface area contributed by atoms with Crippen LogP contribution in [-0.4, -0.2) is 24.3 Å². The normalized spacial score (nSPS) is 18.3. The lowest BCUT2D eigenvalue weighted by Crippen LogP contribution is -2.04. The maximum Gasteiger partial charge on any atom is 0.129 e. The van der Waals surface area contributed by atoms with Crippen LogP contribution < -0.4 is 4.74 Å². The van der Waals surface area contributed by atoms with E-state index in [4.69, 9.17) is 9.47 Å². The Morgan fingerprint density at radius 1 is 1.39 bits per heavy atom. The van der Waals surface area contributed by atoms with Crippen LogP contribution in [0, 0.1) is 0 Å². The molecule has 0 aliphatic carbocycles. The molecule has 1 N–H and O–H groups in total. The largest absolute Gasteiger partial charge is 0.490 e. The van der Waals surface area contributed by atoms with E-state index in [0.29, 0.717) is 6.61 Å². The molecule has 0 spiro atoms. The van der Waals surface area contributed by atoms with Gasteiger partial charge in [-0.05, 0) is 18.2 Å². The lowest BCUT2D eigenvalue weighted by Gasteiger charge is -2.05. The molecule has 1 aliphatic rings. The van der Waals surface area contributed by atoms with Gasteiger partial charge in [0.05, 0.1) is 12.1 Å². The van der Waals surface area contributed by atoms with Crippen LogP contribution in [0.25, 0.3) is 21.8 Å². The van der Waals surface area contributed by atoms with E-state index < -0.39 is 0 Å². The molecule has 1 saturated heterocycles. The summed E-state index contributed by atoms with van der Waals surface area (Å²) in [7, 11) is 0. The number of para-hydroxylation sites is 1. The van der Waals surface area contributed by atoms with Crippen molar-refractivity contribution < 1.29 is 9.47 Å². The zero-order valence-corrected chi connectivity index (χ0v) is 9.85. The zero-order valence-electron chi connectivity index (χ0n) is 9.85. The highest BCUT2D eigenvalue weighted by Gasteiger charge is 2.23. The van der Waals surface area contributed by atoms with Crippen molar-refractivity contribution in [3.8, 4) is 5.75 Å². The number of ether oxygens (including phenoxy) is 2. The summed E-state index contributed by atoms with van der Waals surface area (Å²) in [5.41, 5.74) is 2.26. The summed E-state index contributed by atoms with van der Waals surface area (Å²) >= 11 is 0. The Morgan fingerprint density at radius 2 is 2.28 bits per heavy atom. The van der Waals surface area contributed by atoms with E-state index in [0.717, 1.165) is 28.8 Å². The highest BCUT2D eigenvalue weighted by atomic mass is 16.6. The quantitative estimate of drug-likeness (QED) is 0.726.